The van der Waals surface area contributed by atoms with E-state index < -0.39 is 29.7 Å². The zero-order chi connectivity index (χ0) is 28.3. The molecular formula is C29H27F3N4O3S. The van der Waals surface area contributed by atoms with E-state index in [0.717, 1.165) is 43.2 Å². The van der Waals surface area contributed by atoms with Crippen LogP contribution in [0.1, 0.15) is 41.6 Å². The van der Waals surface area contributed by atoms with Crippen molar-refractivity contribution in [3.63, 3.8) is 0 Å². The summed E-state index contributed by atoms with van der Waals surface area (Å²) in [7, 11) is 0. The molecule has 1 atom stereocenters. The highest BCUT2D eigenvalue weighted by molar-refractivity contribution is 7.13. The van der Waals surface area contributed by atoms with E-state index in [9.17, 15) is 27.9 Å². The zero-order valence-corrected chi connectivity index (χ0v) is 22.2. The summed E-state index contributed by atoms with van der Waals surface area (Å²) in [6, 6.07) is 9.91. The van der Waals surface area contributed by atoms with E-state index in [2.05, 4.69) is 15.5 Å². The lowest BCUT2D eigenvalue weighted by Crippen LogP contribution is -2.34. The van der Waals surface area contributed by atoms with Gasteiger partial charge in [-0.1, -0.05) is 30.4 Å². The number of carbonyl (C=O) groups is 2. The van der Waals surface area contributed by atoms with Gasteiger partial charge >= 0.3 is 6.18 Å². The summed E-state index contributed by atoms with van der Waals surface area (Å²) in [5.41, 5.74) is 2.58. The fourth-order valence-corrected chi connectivity index (χ4v) is 5.62. The maximum atomic E-state index is 13.1. The Hall–Kier alpha value is -3.96. The molecule has 2 aliphatic rings. The van der Waals surface area contributed by atoms with E-state index >= 15 is 0 Å². The largest absolute Gasteiger partial charge is 0.416 e. The first-order valence-corrected chi connectivity index (χ1v) is 13.8. The molecule has 0 bridgehead atoms. The Kier molecular flexibility index (Phi) is 8.04. The van der Waals surface area contributed by atoms with Gasteiger partial charge in [0.05, 0.1) is 11.3 Å². The minimum atomic E-state index is -4.45. The van der Waals surface area contributed by atoms with Crippen molar-refractivity contribution in [2.75, 3.05) is 28.6 Å². The monoisotopic (exact) mass is 568 g/mol. The Bertz CT molecular complexity index is 1460. The van der Waals surface area contributed by atoms with Crippen molar-refractivity contribution in [2.45, 2.75) is 38.0 Å². The van der Waals surface area contributed by atoms with Gasteiger partial charge in [-0.2, -0.15) is 13.2 Å². The number of fused-ring (bicyclic) bond motifs is 1. The van der Waals surface area contributed by atoms with Gasteiger partial charge in [0.1, 0.15) is 6.10 Å². The van der Waals surface area contributed by atoms with Crippen LogP contribution in [0.2, 0.25) is 0 Å². The average Bonchev–Trinajstić information content (AvgIpc) is 3.42. The normalized spacial score (nSPS) is 18.0. The molecule has 1 fully saturated rings. The molecule has 3 N–H and O–H groups in total. The third-order valence-corrected chi connectivity index (χ3v) is 7.72. The topological polar surface area (TPSA) is 94.6 Å². The SMILES string of the molecule is O=C(/C=C/C=C(\c1ccc(C(F)(F)F)cc1)c1csc(N2CCCCC2)n1)Nc1cccc2c1CC(O)C(=O)N2. The van der Waals surface area contributed by atoms with E-state index in [4.69, 9.17) is 4.98 Å². The van der Waals surface area contributed by atoms with Crippen LogP contribution in [0.3, 0.4) is 0 Å². The molecule has 1 aromatic heterocycles. The summed E-state index contributed by atoms with van der Waals surface area (Å²) >= 11 is 1.48. The molecule has 2 amide bonds. The Morgan fingerprint density at radius 3 is 2.60 bits per heavy atom. The molecule has 1 saturated heterocycles. The minimum absolute atomic E-state index is 0.0719. The van der Waals surface area contributed by atoms with E-state index in [-0.39, 0.29) is 6.42 Å². The standard InChI is InChI=1S/C29H27F3N4O3S/c30-29(31,32)19-12-10-18(11-13-19)20(24-17-40-28(35-24)36-14-2-1-3-15-36)6-4-9-26(38)33-22-7-5-8-23-21(22)16-25(37)27(39)34-23/h4-13,17,25,37H,1-3,14-16H2,(H,33,38)(H,34,39)/b9-4+,20-6+. The molecule has 2 aromatic carbocycles. The van der Waals surface area contributed by atoms with Crippen molar-refractivity contribution >= 4 is 45.2 Å². The van der Waals surface area contributed by atoms with E-state index in [1.54, 1.807) is 24.3 Å². The number of thiazole rings is 1. The number of aliphatic hydroxyl groups is 1. The second-order valence-corrected chi connectivity index (χ2v) is 10.4. The van der Waals surface area contributed by atoms with Crippen molar-refractivity contribution in [1.29, 1.82) is 0 Å². The lowest BCUT2D eigenvalue weighted by atomic mass is 9.99. The molecule has 0 saturated carbocycles. The van der Waals surface area contributed by atoms with Gasteiger partial charge in [0, 0.05) is 53.5 Å². The van der Waals surface area contributed by atoms with E-state index in [1.807, 2.05) is 5.38 Å². The molecule has 208 valence electrons. The molecular weight excluding hydrogens is 541 g/mol. The Morgan fingerprint density at radius 1 is 1.12 bits per heavy atom. The van der Waals surface area contributed by atoms with Crippen molar-refractivity contribution in [1.82, 2.24) is 4.98 Å². The number of hydrogen-bond acceptors (Lipinski definition) is 6. The van der Waals surface area contributed by atoms with Gasteiger partial charge in [0.15, 0.2) is 5.13 Å². The number of anilines is 3. The Balaban J connectivity index is 1.39. The lowest BCUT2D eigenvalue weighted by molar-refractivity contribution is -0.137. The number of alkyl halides is 3. The molecule has 2 aliphatic heterocycles. The first kappa shape index (κ1) is 27.6. The predicted molar refractivity (Wildman–Crippen MR) is 149 cm³/mol. The molecule has 3 aromatic rings. The highest BCUT2D eigenvalue weighted by Gasteiger charge is 2.30. The Labute approximate surface area is 233 Å². The molecule has 40 heavy (non-hydrogen) atoms. The third kappa shape index (κ3) is 6.26. The van der Waals surface area contributed by atoms with Crippen LogP contribution in [0.15, 0.2) is 66.1 Å². The van der Waals surface area contributed by atoms with Crippen LogP contribution in [-0.4, -0.2) is 41.1 Å². The molecule has 11 heteroatoms. The molecule has 0 aliphatic carbocycles. The molecule has 3 heterocycles. The minimum Gasteiger partial charge on any atom is -0.383 e. The van der Waals surface area contributed by atoms with Gasteiger partial charge in [-0.25, -0.2) is 4.98 Å². The smallest absolute Gasteiger partial charge is 0.383 e. The number of benzene rings is 2. The summed E-state index contributed by atoms with van der Waals surface area (Å²) in [6.07, 6.45) is 2.26. The first-order valence-electron chi connectivity index (χ1n) is 12.9. The van der Waals surface area contributed by atoms with Crippen LogP contribution >= 0.6 is 11.3 Å². The van der Waals surface area contributed by atoms with Crippen molar-refractivity contribution in [2.24, 2.45) is 0 Å². The molecule has 7 nitrogen and oxygen atoms in total. The quantitative estimate of drug-likeness (QED) is 0.265. The van der Waals surface area contributed by atoms with Gasteiger partial charge < -0.3 is 20.6 Å². The number of nitrogens with one attached hydrogen (secondary N) is 2. The highest BCUT2D eigenvalue weighted by Crippen LogP contribution is 2.34. The number of nitrogens with zero attached hydrogens (tertiary/aromatic N) is 2. The van der Waals surface area contributed by atoms with Crippen molar-refractivity contribution < 1.29 is 27.9 Å². The predicted octanol–water partition coefficient (Wildman–Crippen LogP) is 5.63. The van der Waals surface area contributed by atoms with Gasteiger partial charge in [-0.05, 0) is 49.1 Å². The Morgan fingerprint density at radius 2 is 1.88 bits per heavy atom. The highest BCUT2D eigenvalue weighted by atomic mass is 32.1. The van der Waals surface area contributed by atoms with Crippen molar-refractivity contribution in [3.05, 3.63) is 88.5 Å². The van der Waals surface area contributed by atoms with Gasteiger partial charge in [0.25, 0.3) is 5.91 Å². The van der Waals surface area contributed by atoms with Crippen LogP contribution < -0.4 is 15.5 Å². The number of aromatic nitrogens is 1. The molecule has 0 spiro atoms. The number of carbonyl (C=O) groups excluding carboxylic acids is 2. The van der Waals surface area contributed by atoms with Crippen LogP contribution in [0.5, 0.6) is 0 Å². The fourth-order valence-electron chi connectivity index (χ4n) is 4.74. The third-order valence-electron chi connectivity index (χ3n) is 6.82. The second-order valence-electron chi connectivity index (χ2n) is 9.61. The first-order chi connectivity index (χ1) is 19.2. The lowest BCUT2D eigenvalue weighted by Gasteiger charge is -2.25. The van der Waals surface area contributed by atoms with Gasteiger partial charge in [0.2, 0.25) is 5.91 Å². The van der Waals surface area contributed by atoms with Crippen LogP contribution in [0, 0.1) is 0 Å². The van der Waals surface area contributed by atoms with Crippen molar-refractivity contribution in [3.8, 4) is 0 Å². The van der Waals surface area contributed by atoms with E-state index in [1.165, 1.54) is 42.0 Å². The number of piperidine rings is 1. The maximum Gasteiger partial charge on any atom is 0.416 e. The van der Waals surface area contributed by atoms with Crippen LogP contribution in [0.4, 0.5) is 29.7 Å². The van der Waals surface area contributed by atoms with E-state index in [0.29, 0.717) is 33.8 Å². The fraction of sp³-hybridized carbons (Fsp3) is 0.276. The maximum absolute atomic E-state index is 13.1. The summed E-state index contributed by atoms with van der Waals surface area (Å²) in [5, 5.41) is 18.0. The molecule has 0 radical (unpaired) electrons. The summed E-state index contributed by atoms with van der Waals surface area (Å²) in [5.74, 6) is -0.947. The molecule has 5 rings (SSSR count). The number of allylic oxidation sites excluding steroid dienone is 2. The zero-order valence-electron chi connectivity index (χ0n) is 21.4. The number of hydrogen-bond donors (Lipinski definition) is 3. The number of aliphatic hydroxyl groups excluding tert-OH is 1. The summed E-state index contributed by atoms with van der Waals surface area (Å²) in [4.78, 5) is 31.5. The summed E-state index contributed by atoms with van der Waals surface area (Å²) < 4.78 is 39.4. The number of rotatable bonds is 6. The van der Waals surface area contributed by atoms with Crippen LogP contribution in [0.25, 0.3) is 5.57 Å². The number of amides is 2. The van der Waals surface area contributed by atoms with Gasteiger partial charge in [-0.15, -0.1) is 11.3 Å². The van der Waals surface area contributed by atoms with Crippen LogP contribution in [-0.2, 0) is 22.2 Å². The average molecular weight is 569 g/mol. The second kappa shape index (κ2) is 11.6. The summed E-state index contributed by atoms with van der Waals surface area (Å²) in [6.45, 7) is 1.83. The molecule has 1 unspecified atom stereocenters. The number of halogens is 3. The van der Waals surface area contributed by atoms with Gasteiger partial charge in [-0.3, -0.25) is 9.59 Å².